The molecule has 0 aromatic rings. The van der Waals surface area contributed by atoms with Crippen molar-refractivity contribution >= 4 is 16.1 Å². The molecule has 0 aliphatic heterocycles. The minimum absolute atomic E-state index is 0. The second kappa shape index (κ2) is 7.15. The number of carbonyl (C=O) groups excluding carboxylic acids is 1. The second-order valence-corrected chi connectivity index (χ2v) is 3.58. The molecule has 0 amide bonds. The van der Waals surface area contributed by atoms with Crippen LogP contribution in [0.3, 0.4) is 0 Å². The van der Waals surface area contributed by atoms with Gasteiger partial charge in [-0.25, -0.2) is 4.79 Å². The zero-order valence-corrected chi connectivity index (χ0v) is 8.21. The number of esters is 1. The van der Waals surface area contributed by atoms with Crippen molar-refractivity contribution in [2.75, 3.05) is 12.4 Å². The first-order valence-corrected chi connectivity index (χ1v) is 4.81. The molecule has 0 aliphatic carbocycles. The van der Waals surface area contributed by atoms with Gasteiger partial charge in [0.1, 0.15) is 0 Å². The molecule has 0 radical (unpaired) electrons. The van der Waals surface area contributed by atoms with E-state index in [1.165, 1.54) is 0 Å². The predicted octanol–water partition coefficient (Wildman–Crippen LogP) is -2.89. The van der Waals surface area contributed by atoms with Gasteiger partial charge in [-0.15, -0.1) is 0 Å². The molecule has 0 spiro atoms. The summed E-state index contributed by atoms with van der Waals surface area (Å²) in [6, 6.07) is 0. The van der Waals surface area contributed by atoms with E-state index in [1.54, 1.807) is 0 Å². The van der Waals surface area contributed by atoms with Crippen LogP contribution in [0, 0.1) is 0 Å². The predicted molar refractivity (Wildman–Crippen MR) is 43.3 cm³/mol. The van der Waals surface area contributed by atoms with Crippen LogP contribution < -0.4 is 18.9 Å². The summed E-state index contributed by atoms with van der Waals surface area (Å²) >= 11 is 0. The zero-order chi connectivity index (χ0) is 9.61. The molecule has 0 fully saturated rings. The van der Waals surface area contributed by atoms with E-state index in [2.05, 4.69) is 11.3 Å². The zero-order valence-electron chi connectivity index (χ0n) is 8.39. The van der Waals surface area contributed by atoms with E-state index < -0.39 is 21.8 Å². The third-order valence-electron chi connectivity index (χ3n) is 0.958. The third-order valence-corrected chi connectivity index (χ3v) is 1.76. The van der Waals surface area contributed by atoms with Crippen LogP contribution in [-0.4, -0.2) is 31.3 Å². The molecular weight excluding hydrogens is 191 g/mol. The average molecular weight is 202 g/mol. The van der Waals surface area contributed by atoms with Crippen molar-refractivity contribution in [2.24, 2.45) is 0 Å². The average Bonchev–Trinajstić information content (AvgIpc) is 1.96. The fourth-order valence-electron chi connectivity index (χ4n) is 0.473. The smallest absolute Gasteiger partial charge is 1.00 e. The fraction of sp³-hybridized carbons (Fsp3) is 0.500. The Kier molecular flexibility index (Phi) is 8.36. The molecule has 0 aromatic heterocycles. The van der Waals surface area contributed by atoms with Gasteiger partial charge >= 0.3 is 24.8 Å². The van der Waals surface area contributed by atoms with Gasteiger partial charge in [-0.3, -0.25) is 4.55 Å². The molecular formula is C6H11LiO5S. The van der Waals surface area contributed by atoms with E-state index in [0.717, 1.165) is 6.08 Å². The Morgan fingerprint density at radius 1 is 1.62 bits per heavy atom. The van der Waals surface area contributed by atoms with E-state index in [0.29, 0.717) is 0 Å². The van der Waals surface area contributed by atoms with Crippen LogP contribution in [-0.2, 0) is 19.6 Å². The molecule has 0 aromatic carbocycles. The number of carbonyl (C=O) groups is 1. The summed E-state index contributed by atoms with van der Waals surface area (Å²) in [5.41, 5.74) is 0. The van der Waals surface area contributed by atoms with Gasteiger partial charge in [0.25, 0.3) is 10.1 Å². The molecule has 13 heavy (non-hydrogen) atoms. The van der Waals surface area contributed by atoms with E-state index in [-0.39, 0.29) is 33.3 Å². The molecule has 1 N–H and O–H groups in total. The van der Waals surface area contributed by atoms with Crippen molar-refractivity contribution < 1.29 is 42.8 Å². The third kappa shape index (κ3) is 11.7. The molecule has 5 nitrogen and oxygen atoms in total. The first kappa shape index (κ1) is 15.2. The molecule has 0 saturated heterocycles. The van der Waals surface area contributed by atoms with Gasteiger partial charge in [0.2, 0.25) is 0 Å². The van der Waals surface area contributed by atoms with Gasteiger partial charge < -0.3 is 6.16 Å². The topological polar surface area (TPSA) is 80.7 Å². The van der Waals surface area contributed by atoms with Crippen LogP contribution in [0.1, 0.15) is 7.85 Å². The normalized spacial score (nSPS) is 9.92. The Labute approximate surface area is 90.6 Å². The Bertz CT molecular complexity index is 263. The minimum Gasteiger partial charge on any atom is -1.00 e. The summed E-state index contributed by atoms with van der Waals surface area (Å²) in [6.07, 6.45) is 1.06. The molecule has 0 aliphatic rings. The summed E-state index contributed by atoms with van der Waals surface area (Å²) < 4.78 is 33.0. The molecule has 7 heteroatoms. The van der Waals surface area contributed by atoms with Crippen LogP contribution in [0.2, 0.25) is 0 Å². The van der Waals surface area contributed by atoms with Crippen LogP contribution in [0.25, 0.3) is 0 Å². The van der Waals surface area contributed by atoms with Gasteiger partial charge in [0, 0.05) is 6.08 Å². The summed E-state index contributed by atoms with van der Waals surface area (Å²) in [6.45, 7) is 3.11. The van der Waals surface area contributed by atoms with Crippen molar-refractivity contribution in [2.45, 2.75) is 6.42 Å². The number of ether oxygens (including phenoxy) is 1. The van der Waals surface area contributed by atoms with Gasteiger partial charge in [-0.05, 0) is 6.42 Å². The first-order valence-electron chi connectivity index (χ1n) is 3.20. The fourth-order valence-corrected chi connectivity index (χ4v) is 0.956. The van der Waals surface area contributed by atoms with Gasteiger partial charge in [0.15, 0.2) is 0 Å². The summed E-state index contributed by atoms with van der Waals surface area (Å²) in [5.74, 6) is -1.01. The van der Waals surface area contributed by atoms with Crippen LogP contribution >= 0.6 is 0 Å². The minimum atomic E-state index is -3.95. The number of hydrogen-bond donors (Lipinski definition) is 1. The summed E-state index contributed by atoms with van der Waals surface area (Å²) in [7, 11) is -3.95. The van der Waals surface area contributed by atoms with Crippen molar-refractivity contribution in [3.8, 4) is 0 Å². The second-order valence-electron chi connectivity index (χ2n) is 2.01. The van der Waals surface area contributed by atoms with Crippen molar-refractivity contribution in [1.29, 1.82) is 0 Å². The van der Waals surface area contributed by atoms with Crippen molar-refractivity contribution in [1.82, 2.24) is 0 Å². The van der Waals surface area contributed by atoms with E-state index in [1.807, 2.05) is 0 Å². The van der Waals surface area contributed by atoms with Gasteiger partial charge in [-0.1, -0.05) is 6.58 Å². The van der Waals surface area contributed by atoms with Crippen LogP contribution in [0.15, 0.2) is 12.7 Å². The Morgan fingerprint density at radius 2 is 2.15 bits per heavy atom. The molecule has 72 valence electrons. The first-order chi connectivity index (χ1) is 5.45. The SMILES string of the molecule is C=CC(=O)OCCCS(=O)(=O)O.[H-].[Li+]. The Balaban J connectivity index is -0.000000605. The van der Waals surface area contributed by atoms with Crippen LogP contribution in [0.4, 0.5) is 0 Å². The largest absolute Gasteiger partial charge is 1.00 e. The van der Waals surface area contributed by atoms with E-state index in [9.17, 15) is 13.2 Å². The molecule has 0 heterocycles. The maximum atomic E-state index is 10.4. The van der Waals surface area contributed by atoms with Crippen molar-refractivity contribution in [3.63, 3.8) is 0 Å². The van der Waals surface area contributed by atoms with E-state index >= 15 is 0 Å². The number of hydrogen-bond acceptors (Lipinski definition) is 4. The molecule has 0 saturated carbocycles. The summed E-state index contributed by atoms with van der Waals surface area (Å²) in [5, 5.41) is 0. The molecule has 0 atom stereocenters. The Hall–Kier alpha value is -0.283. The molecule has 0 bridgehead atoms. The maximum absolute atomic E-state index is 10.4. The molecule has 0 unspecified atom stereocenters. The van der Waals surface area contributed by atoms with E-state index in [4.69, 9.17) is 4.55 Å². The van der Waals surface area contributed by atoms with Gasteiger partial charge in [0.05, 0.1) is 12.4 Å². The number of rotatable bonds is 5. The maximum Gasteiger partial charge on any atom is 1.00 e. The standard InChI is InChI=1S/C6H10O5S.Li.H/c1-2-6(7)11-4-3-5-12(8,9)10;;/h2H,1,3-5H2,(H,8,9,10);;/q;+1;-1. The van der Waals surface area contributed by atoms with Gasteiger partial charge in [-0.2, -0.15) is 8.42 Å². The van der Waals surface area contributed by atoms with Crippen LogP contribution in [0.5, 0.6) is 0 Å². The Morgan fingerprint density at radius 3 is 2.54 bits per heavy atom. The van der Waals surface area contributed by atoms with Crippen molar-refractivity contribution in [3.05, 3.63) is 12.7 Å². The monoisotopic (exact) mass is 202 g/mol. The molecule has 0 rings (SSSR count). The summed E-state index contributed by atoms with van der Waals surface area (Å²) in [4.78, 5) is 10.4. The quantitative estimate of drug-likeness (QED) is 0.170.